The molecule has 0 spiro atoms. The van der Waals surface area contributed by atoms with Gasteiger partial charge in [-0.3, -0.25) is 29.1 Å². The summed E-state index contributed by atoms with van der Waals surface area (Å²) < 4.78 is 47.6. The van der Waals surface area contributed by atoms with Gasteiger partial charge < -0.3 is 26.2 Å². The van der Waals surface area contributed by atoms with Gasteiger partial charge in [-0.15, -0.1) is 0 Å². The fraction of sp³-hybridized carbons (Fsp3) is 0.537. The summed E-state index contributed by atoms with van der Waals surface area (Å²) in [6.45, 7) is 3.48. The Bertz CT molecular complexity index is 2390. The number of piperidine rings is 3. The molecule has 3 atom stereocenters. The van der Waals surface area contributed by atoms with E-state index in [1.54, 1.807) is 26.5 Å². The molecule has 4 aromatic heterocycles. The summed E-state index contributed by atoms with van der Waals surface area (Å²) in [6, 6.07) is 7.72. The van der Waals surface area contributed by atoms with Crippen molar-refractivity contribution in [1.29, 1.82) is 0 Å². The van der Waals surface area contributed by atoms with Gasteiger partial charge in [-0.2, -0.15) is 15.3 Å². The molecule has 16 nitrogen and oxygen atoms in total. The minimum atomic E-state index is -2.89. The Morgan fingerprint density at radius 2 is 1.83 bits per heavy atom. The van der Waals surface area contributed by atoms with E-state index < -0.39 is 30.1 Å². The molecule has 4 fully saturated rings. The average Bonchev–Trinajstić information content (AvgIpc) is 3.94. The number of rotatable bonds is 10. The second-order valence-electron chi connectivity index (χ2n) is 16.9. The molecule has 3 saturated heterocycles. The van der Waals surface area contributed by atoms with Crippen LogP contribution >= 0.6 is 0 Å². The number of hydrogen-bond acceptors (Lipinski definition) is 11. The van der Waals surface area contributed by atoms with Crippen LogP contribution in [0.1, 0.15) is 97.9 Å². The van der Waals surface area contributed by atoms with E-state index in [0.717, 1.165) is 74.7 Å². The molecule has 5 N–H and O–H groups in total. The highest BCUT2D eigenvalue weighted by Crippen LogP contribution is 2.36. The van der Waals surface area contributed by atoms with E-state index in [1.165, 1.54) is 16.9 Å². The monoisotopic (exact) mass is 829 g/mol. The maximum absolute atomic E-state index is 14.3. The number of nitrogens with one attached hydrogen (secondary N) is 3. The van der Waals surface area contributed by atoms with Gasteiger partial charge in [0.25, 0.3) is 12.3 Å². The summed E-state index contributed by atoms with van der Waals surface area (Å²) in [7, 11) is 1.87. The van der Waals surface area contributed by atoms with Crippen molar-refractivity contribution < 1.29 is 27.6 Å². The molecule has 1 aromatic carbocycles. The molecule has 1 aliphatic carbocycles. The third-order valence-corrected chi connectivity index (χ3v) is 12.7. The number of aryl methyl sites for hydroxylation is 1. The van der Waals surface area contributed by atoms with Gasteiger partial charge in [-0.1, -0.05) is 0 Å². The summed E-state index contributed by atoms with van der Waals surface area (Å²) in [5.74, 6) is -0.672. The molecule has 3 amide bonds. The predicted octanol–water partition coefficient (Wildman–Crippen LogP) is 4.71. The van der Waals surface area contributed by atoms with Crippen molar-refractivity contribution in [2.24, 2.45) is 18.7 Å². The number of nitrogens with zero attached hydrogens (tertiary/aromatic N) is 9. The van der Waals surface area contributed by atoms with E-state index in [1.807, 2.05) is 19.2 Å². The Morgan fingerprint density at radius 3 is 2.58 bits per heavy atom. The lowest BCUT2D eigenvalue weighted by Gasteiger charge is -2.37. The molecule has 318 valence electrons. The van der Waals surface area contributed by atoms with Gasteiger partial charge in [0.05, 0.1) is 41.6 Å². The molecular weight excluding hydrogens is 780 g/mol. The first-order valence-electron chi connectivity index (χ1n) is 20.9. The van der Waals surface area contributed by atoms with Crippen LogP contribution in [0.4, 0.5) is 30.4 Å². The fourth-order valence-electron chi connectivity index (χ4n) is 9.54. The highest BCUT2D eigenvalue weighted by molar-refractivity contribution is 6.08. The zero-order valence-corrected chi connectivity index (χ0v) is 33.4. The van der Waals surface area contributed by atoms with Gasteiger partial charge in [0.15, 0.2) is 11.3 Å². The maximum atomic E-state index is 14.3. The highest BCUT2D eigenvalue weighted by Gasteiger charge is 2.33. The quantitative estimate of drug-likeness (QED) is 0.143. The first-order valence-corrected chi connectivity index (χ1v) is 20.9. The number of halogens is 3. The Balaban J connectivity index is 0.770. The molecule has 5 aromatic rings. The van der Waals surface area contributed by atoms with Crippen LogP contribution in [-0.2, 0) is 16.6 Å². The zero-order chi connectivity index (χ0) is 41.7. The molecule has 7 heterocycles. The number of alkyl halides is 3. The molecule has 19 heteroatoms. The lowest BCUT2D eigenvalue weighted by atomic mass is 9.85. The topological polar surface area (TPSA) is 186 Å². The van der Waals surface area contributed by atoms with E-state index in [2.05, 4.69) is 47.2 Å². The number of aromatic nitrogens is 7. The number of carbonyl (C=O) groups is 3. The van der Waals surface area contributed by atoms with E-state index in [0.29, 0.717) is 42.9 Å². The number of carbonyl (C=O) groups excluding carboxylic acids is 3. The number of fused-ring (bicyclic) bond motifs is 2. The van der Waals surface area contributed by atoms with Crippen molar-refractivity contribution in [3.63, 3.8) is 0 Å². The van der Waals surface area contributed by atoms with Crippen molar-refractivity contribution in [3.8, 4) is 0 Å². The number of hydrogen-bond donors (Lipinski definition) is 4. The third kappa shape index (κ3) is 8.16. The van der Waals surface area contributed by atoms with Crippen LogP contribution in [0.2, 0.25) is 0 Å². The smallest absolute Gasteiger partial charge is 0.284 e. The summed E-state index contributed by atoms with van der Waals surface area (Å²) in [5, 5.41) is 22.8. The standard InChI is InChI=1S/C41H50F3N13O3/c1-53-33-17-27(4-7-29(33)36(51-53)30-8-9-35(58)50-40(30)59)47-26-10-13-54(14-11-26)19-23-2-5-28(6-3-23)57-22-32(37(52-57)38(43)44)48-41(60)31-18-46-56-15-12-34(49-39(31)56)55-20-24(42)16-25(45)21-55/h4,7,12,15,17-18,22-26,28,30,38,47H,2-3,5-6,8-11,13-14,16,19-21,45H2,1H3,(H,48,60)(H,50,58,59)/t23?,24-,25?,28?,30?/m1/s1. The van der Waals surface area contributed by atoms with Crippen LogP contribution in [0, 0.1) is 5.92 Å². The van der Waals surface area contributed by atoms with Crippen LogP contribution in [-0.4, -0.2) is 108 Å². The van der Waals surface area contributed by atoms with Crippen LogP contribution in [0.5, 0.6) is 0 Å². The Hall–Kier alpha value is -5.56. The van der Waals surface area contributed by atoms with Crippen molar-refractivity contribution in [2.75, 3.05) is 48.3 Å². The van der Waals surface area contributed by atoms with Gasteiger partial charge in [0, 0.05) is 75.2 Å². The average molecular weight is 830 g/mol. The number of benzene rings is 1. The fourth-order valence-corrected chi connectivity index (χ4v) is 9.54. The van der Waals surface area contributed by atoms with Crippen LogP contribution in [0.15, 0.2) is 42.9 Å². The molecule has 1 saturated carbocycles. The van der Waals surface area contributed by atoms with Crippen LogP contribution in [0.3, 0.4) is 0 Å². The van der Waals surface area contributed by atoms with Crippen LogP contribution in [0.25, 0.3) is 16.6 Å². The molecule has 2 unspecified atom stereocenters. The SMILES string of the molecule is Cn1nc(C2CCC(=O)NC2=O)c2ccc(NC3CCN(CC4CCC(n5cc(NC(=O)c6cnn7ccc(N8CC(N)C[C@@H](F)C8)nc67)c(C(F)F)n5)CC4)CC3)cc21. The number of nitrogens with two attached hydrogens (primary N) is 1. The Morgan fingerprint density at radius 1 is 1.03 bits per heavy atom. The van der Waals surface area contributed by atoms with Gasteiger partial charge in [0.2, 0.25) is 11.8 Å². The second-order valence-corrected chi connectivity index (χ2v) is 16.9. The predicted molar refractivity (Wildman–Crippen MR) is 218 cm³/mol. The minimum absolute atomic E-state index is 0.0522. The van der Waals surface area contributed by atoms with E-state index in [4.69, 9.17) is 5.73 Å². The Labute approximate surface area is 344 Å². The summed E-state index contributed by atoms with van der Waals surface area (Å²) in [4.78, 5) is 46.5. The van der Waals surface area contributed by atoms with Gasteiger partial charge in [-0.25, -0.2) is 22.7 Å². The highest BCUT2D eigenvalue weighted by atomic mass is 19.3. The van der Waals surface area contributed by atoms with E-state index >= 15 is 0 Å². The largest absolute Gasteiger partial charge is 0.382 e. The number of amides is 3. The number of likely N-dealkylation sites (tertiary alicyclic amines) is 1. The van der Waals surface area contributed by atoms with Crippen molar-refractivity contribution in [1.82, 2.24) is 44.4 Å². The summed E-state index contributed by atoms with van der Waals surface area (Å²) in [5.41, 5.74) is 8.45. The summed E-state index contributed by atoms with van der Waals surface area (Å²) >= 11 is 0. The van der Waals surface area contributed by atoms with E-state index in [-0.39, 0.29) is 53.8 Å². The molecule has 0 radical (unpaired) electrons. The molecular formula is C41H50F3N13O3. The van der Waals surface area contributed by atoms with Gasteiger partial charge in [-0.05, 0) is 81.5 Å². The number of anilines is 3. The maximum Gasteiger partial charge on any atom is 0.284 e. The number of imide groups is 1. The lowest BCUT2D eigenvalue weighted by Crippen LogP contribution is -2.48. The second kappa shape index (κ2) is 16.5. The normalized spacial score (nSPS) is 24.7. The van der Waals surface area contributed by atoms with Gasteiger partial charge in [0.1, 0.15) is 17.6 Å². The minimum Gasteiger partial charge on any atom is -0.382 e. The van der Waals surface area contributed by atoms with Crippen molar-refractivity contribution in [2.45, 2.75) is 94.4 Å². The van der Waals surface area contributed by atoms with Crippen molar-refractivity contribution >= 4 is 51.5 Å². The van der Waals surface area contributed by atoms with Gasteiger partial charge >= 0.3 is 0 Å². The third-order valence-electron chi connectivity index (χ3n) is 12.7. The lowest BCUT2D eigenvalue weighted by molar-refractivity contribution is -0.134. The molecule has 4 aliphatic rings. The molecule has 60 heavy (non-hydrogen) atoms. The zero-order valence-electron chi connectivity index (χ0n) is 33.4. The van der Waals surface area contributed by atoms with Crippen molar-refractivity contribution in [3.05, 3.63) is 59.8 Å². The summed E-state index contributed by atoms with van der Waals surface area (Å²) in [6.07, 6.45) is 6.99. The molecule has 3 aliphatic heterocycles. The molecule has 0 bridgehead atoms. The first-order chi connectivity index (χ1) is 28.9. The Kier molecular flexibility index (Phi) is 11.0. The van der Waals surface area contributed by atoms with Crippen LogP contribution < -0.4 is 26.6 Å². The first kappa shape index (κ1) is 39.9. The van der Waals surface area contributed by atoms with E-state index in [9.17, 15) is 27.6 Å². The molecule has 9 rings (SSSR count).